The largest absolute Gasteiger partial charge is 0.356 e. The number of nitrogens with zero attached hydrogens (tertiary/aromatic N) is 1. The van der Waals surface area contributed by atoms with Crippen LogP contribution in [0, 0.1) is 5.82 Å². The number of hydrogen-bond acceptors (Lipinski definition) is 1. The minimum absolute atomic E-state index is 0. The van der Waals surface area contributed by atoms with E-state index in [1.807, 2.05) is 19.1 Å². The maximum Gasteiger partial charge on any atom is 0.191 e. The van der Waals surface area contributed by atoms with Crippen LogP contribution in [0.25, 0.3) is 0 Å². The Hall–Kier alpha value is -1.11. The van der Waals surface area contributed by atoms with E-state index in [1.54, 1.807) is 19.2 Å². The first kappa shape index (κ1) is 18.9. The first-order valence-electron chi connectivity index (χ1n) is 7.52. The van der Waals surface area contributed by atoms with Crippen molar-refractivity contribution in [3.63, 3.8) is 0 Å². The van der Waals surface area contributed by atoms with E-state index in [2.05, 4.69) is 21.7 Å². The molecule has 122 valence electrons. The monoisotopic (exact) mass is 417 g/mol. The Morgan fingerprint density at radius 2 is 2.14 bits per heavy atom. The van der Waals surface area contributed by atoms with Gasteiger partial charge in [0.2, 0.25) is 0 Å². The number of hydrogen-bond donors (Lipinski definition) is 2. The Morgan fingerprint density at radius 1 is 1.36 bits per heavy atom. The molecule has 0 radical (unpaired) electrons. The lowest BCUT2D eigenvalue weighted by Crippen LogP contribution is -2.41. The fraction of sp³-hybridized carbons (Fsp3) is 0.471. The van der Waals surface area contributed by atoms with Crippen molar-refractivity contribution in [2.24, 2.45) is 4.99 Å². The van der Waals surface area contributed by atoms with Crippen LogP contribution in [-0.2, 0) is 5.41 Å². The Kier molecular flexibility index (Phi) is 7.85. The quantitative estimate of drug-likeness (QED) is 0.244. The minimum atomic E-state index is -0.160. The average Bonchev–Trinajstić information content (AvgIpc) is 3.28. The van der Waals surface area contributed by atoms with Gasteiger partial charge in [0, 0.05) is 25.6 Å². The van der Waals surface area contributed by atoms with Crippen molar-refractivity contribution >= 4 is 29.9 Å². The SMILES string of the molecule is C/C=C/CCNC(=NC)NCC1(c2cccc(F)c2)CC1.I. The van der Waals surface area contributed by atoms with Gasteiger partial charge in [-0.15, -0.1) is 24.0 Å². The average molecular weight is 417 g/mol. The summed E-state index contributed by atoms with van der Waals surface area (Å²) in [6, 6.07) is 6.94. The van der Waals surface area contributed by atoms with Crippen LogP contribution in [0.1, 0.15) is 31.7 Å². The normalized spacial score (nSPS) is 16.2. The number of aliphatic imine (C=N–C) groups is 1. The Balaban J connectivity index is 0.00000242. The van der Waals surface area contributed by atoms with Gasteiger partial charge in [0.05, 0.1) is 0 Å². The smallest absolute Gasteiger partial charge is 0.191 e. The van der Waals surface area contributed by atoms with Gasteiger partial charge < -0.3 is 10.6 Å². The third-order valence-electron chi connectivity index (χ3n) is 3.95. The zero-order valence-corrected chi connectivity index (χ0v) is 15.6. The number of rotatable bonds is 6. The van der Waals surface area contributed by atoms with Gasteiger partial charge in [0.15, 0.2) is 5.96 Å². The molecule has 0 unspecified atom stereocenters. The van der Waals surface area contributed by atoms with Crippen molar-refractivity contribution in [2.75, 3.05) is 20.1 Å². The third-order valence-corrected chi connectivity index (χ3v) is 3.95. The summed E-state index contributed by atoms with van der Waals surface area (Å²) in [7, 11) is 1.77. The lowest BCUT2D eigenvalue weighted by atomic mass is 9.96. The molecule has 0 saturated heterocycles. The number of halogens is 2. The minimum Gasteiger partial charge on any atom is -0.356 e. The molecule has 1 aromatic carbocycles. The maximum atomic E-state index is 13.4. The lowest BCUT2D eigenvalue weighted by Gasteiger charge is -2.19. The zero-order valence-electron chi connectivity index (χ0n) is 13.2. The van der Waals surface area contributed by atoms with Gasteiger partial charge in [-0.2, -0.15) is 0 Å². The van der Waals surface area contributed by atoms with Crippen molar-refractivity contribution in [3.05, 3.63) is 47.8 Å². The van der Waals surface area contributed by atoms with Crippen LogP contribution < -0.4 is 10.6 Å². The summed E-state index contributed by atoms with van der Waals surface area (Å²) >= 11 is 0. The van der Waals surface area contributed by atoms with Crippen LogP contribution in [0.4, 0.5) is 4.39 Å². The number of benzene rings is 1. The molecule has 5 heteroatoms. The standard InChI is InChI=1S/C17H24FN3.HI/c1-3-4-5-11-20-16(19-2)21-13-17(9-10-17)14-7-6-8-15(18)12-14;/h3-4,6-8,12H,5,9-11,13H2,1-2H3,(H2,19,20,21);1H/b4-3+;. The molecule has 3 nitrogen and oxygen atoms in total. The van der Waals surface area contributed by atoms with E-state index in [1.165, 1.54) is 6.07 Å². The van der Waals surface area contributed by atoms with Crippen LogP contribution in [0.5, 0.6) is 0 Å². The second kappa shape index (κ2) is 9.12. The highest BCUT2D eigenvalue weighted by molar-refractivity contribution is 14.0. The van der Waals surface area contributed by atoms with Gasteiger partial charge in [-0.05, 0) is 43.9 Å². The van der Waals surface area contributed by atoms with Crippen molar-refractivity contribution in [2.45, 2.75) is 31.6 Å². The summed E-state index contributed by atoms with van der Waals surface area (Å²) in [6.07, 6.45) is 7.33. The molecule has 2 rings (SSSR count). The van der Waals surface area contributed by atoms with Crippen molar-refractivity contribution in [1.29, 1.82) is 0 Å². The predicted octanol–water partition coefficient (Wildman–Crippen LogP) is 3.61. The Bertz CT molecular complexity index is 524. The molecule has 0 heterocycles. The maximum absolute atomic E-state index is 13.4. The summed E-state index contributed by atoms with van der Waals surface area (Å²) in [6.45, 7) is 3.67. The van der Waals surface area contributed by atoms with Crippen LogP contribution in [0.3, 0.4) is 0 Å². The van der Waals surface area contributed by atoms with Crippen LogP contribution >= 0.6 is 24.0 Å². The van der Waals surface area contributed by atoms with Crippen LogP contribution in [0.2, 0.25) is 0 Å². The molecule has 0 aliphatic heterocycles. The first-order chi connectivity index (χ1) is 10.2. The van der Waals surface area contributed by atoms with Crippen LogP contribution in [0.15, 0.2) is 41.4 Å². The van der Waals surface area contributed by atoms with Crippen molar-refractivity contribution in [3.8, 4) is 0 Å². The molecule has 1 saturated carbocycles. The van der Waals surface area contributed by atoms with E-state index in [9.17, 15) is 4.39 Å². The molecular formula is C17H25FIN3. The number of nitrogens with one attached hydrogen (secondary N) is 2. The highest BCUT2D eigenvalue weighted by Crippen LogP contribution is 2.47. The summed E-state index contributed by atoms with van der Waals surface area (Å²) < 4.78 is 13.4. The third kappa shape index (κ3) is 5.26. The van der Waals surface area contributed by atoms with E-state index in [4.69, 9.17) is 0 Å². The van der Waals surface area contributed by atoms with E-state index < -0.39 is 0 Å². The Morgan fingerprint density at radius 3 is 2.73 bits per heavy atom. The molecule has 0 bridgehead atoms. The predicted molar refractivity (Wildman–Crippen MR) is 102 cm³/mol. The molecule has 22 heavy (non-hydrogen) atoms. The molecule has 0 aromatic heterocycles. The molecule has 1 aromatic rings. The second-order valence-electron chi connectivity index (χ2n) is 5.50. The van der Waals surface area contributed by atoms with Crippen molar-refractivity contribution in [1.82, 2.24) is 10.6 Å². The van der Waals surface area contributed by atoms with Gasteiger partial charge in [0.1, 0.15) is 5.82 Å². The molecule has 0 amide bonds. The Labute approximate surface area is 149 Å². The summed E-state index contributed by atoms with van der Waals surface area (Å²) in [4.78, 5) is 4.22. The summed E-state index contributed by atoms with van der Waals surface area (Å²) in [5.74, 6) is 0.648. The van der Waals surface area contributed by atoms with Gasteiger partial charge in [-0.25, -0.2) is 4.39 Å². The molecule has 1 aliphatic rings. The fourth-order valence-corrected chi connectivity index (χ4v) is 2.45. The molecule has 0 spiro atoms. The van der Waals surface area contributed by atoms with Crippen molar-refractivity contribution < 1.29 is 4.39 Å². The summed E-state index contributed by atoms with van der Waals surface area (Å²) in [5, 5.41) is 6.64. The van der Waals surface area contributed by atoms with E-state index in [0.717, 1.165) is 43.9 Å². The van der Waals surface area contributed by atoms with Gasteiger partial charge in [-0.3, -0.25) is 4.99 Å². The van der Waals surface area contributed by atoms with E-state index >= 15 is 0 Å². The second-order valence-corrected chi connectivity index (χ2v) is 5.50. The molecular weight excluding hydrogens is 392 g/mol. The first-order valence-corrected chi connectivity index (χ1v) is 7.52. The fourth-order valence-electron chi connectivity index (χ4n) is 2.45. The highest BCUT2D eigenvalue weighted by Gasteiger charge is 2.44. The van der Waals surface area contributed by atoms with E-state index in [-0.39, 0.29) is 35.2 Å². The highest BCUT2D eigenvalue weighted by atomic mass is 127. The molecule has 0 atom stereocenters. The molecule has 2 N–H and O–H groups in total. The number of guanidine groups is 1. The molecule has 1 aliphatic carbocycles. The van der Waals surface area contributed by atoms with Crippen LogP contribution in [-0.4, -0.2) is 26.1 Å². The van der Waals surface area contributed by atoms with E-state index in [0.29, 0.717) is 0 Å². The lowest BCUT2D eigenvalue weighted by molar-refractivity contribution is 0.607. The zero-order chi connectivity index (χ0) is 15.1. The topological polar surface area (TPSA) is 36.4 Å². The van der Waals surface area contributed by atoms with Gasteiger partial charge in [0.25, 0.3) is 0 Å². The van der Waals surface area contributed by atoms with Gasteiger partial charge >= 0.3 is 0 Å². The summed E-state index contributed by atoms with van der Waals surface area (Å²) in [5.41, 5.74) is 1.16. The number of allylic oxidation sites excluding steroid dienone is 1. The molecule has 1 fully saturated rings. The van der Waals surface area contributed by atoms with Gasteiger partial charge in [-0.1, -0.05) is 24.3 Å².